The fourth-order valence-corrected chi connectivity index (χ4v) is 2.29. The van der Waals surface area contributed by atoms with Gasteiger partial charge in [0, 0.05) is 18.9 Å². The van der Waals surface area contributed by atoms with Gasteiger partial charge in [0.2, 0.25) is 17.7 Å². The maximum atomic E-state index is 11.9. The zero-order valence-corrected chi connectivity index (χ0v) is 11.0. The van der Waals surface area contributed by atoms with E-state index in [1.807, 2.05) is 30.3 Å². The molecule has 1 aromatic carbocycles. The Morgan fingerprint density at radius 1 is 1.30 bits per heavy atom. The quantitative estimate of drug-likeness (QED) is 0.766. The Labute approximate surface area is 116 Å². The SMILES string of the molecule is NC(=O)CNC(=O)CN1C[C@H](c2ccccc2)CC1=O. The molecule has 6 nitrogen and oxygen atoms in total. The molecule has 1 heterocycles. The van der Waals surface area contributed by atoms with E-state index in [0.29, 0.717) is 13.0 Å². The summed E-state index contributed by atoms with van der Waals surface area (Å²) in [6, 6.07) is 9.75. The minimum atomic E-state index is -0.603. The molecule has 0 unspecified atom stereocenters. The van der Waals surface area contributed by atoms with E-state index in [4.69, 9.17) is 5.73 Å². The average molecular weight is 275 g/mol. The molecule has 0 spiro atoms. The average Bonchev–Trinajstić information content (AvgIpc) is 2.79. The van der Waals surface area contributed by atoms with Gasteiger partial charge in [-0.1, -0.05) is 30.3 Å². The number of amides is 3. The molecular weight excluding hydrogens is 258 g/mol. The fraction of sp³-hybridized carbons (Fsp3) is 0.357. The van der Waals surface area contributed by atoms with E-state index in [-0.39, 0.29) is 30.8 Å². The normalized spacial score (nSPS) is 18.1. The summed E-state index contributed by atoms with van der Waals surface area (Å²) >= 11 is 0. The number of likely N-dealkylation sites (tertiary alicyclic amines) is 1. The molecule has 1 aliphatic rings. The summed E-state index contributed by atoms with van der Waals surface area (Å²) in [6.45, 7) is 0.283. The summed E-state index contributed by atoms with van der Waals surface area (Å²) in [6.07, 6.45) is 0.410. The van der Waals surface area contributed by atoms with E-state index in [0.717, 1.165) is 5.56 Å². The van der Waals surface area contributed by atoms with Crippen molar-refractivity contribution < 1.29 is 14.4 Å². The summed E-state index contributed by atoms with van der Waals surface area (Å²) in [4.78, 5) is 35.5. The van der Waals surface area contributed by atoms with Crippen LogP contribution in [-0.4, -0.2) is 42.3 Å². The molecule has 1 saturated heterocycles. The number of hydrogen-bond acceptors (Lipinski definition) is 3. The number of primary amides is 1. The highest BCUT2D eigenvalue weighted by Crippen LogP contribution is 2.27. The molecule has 20 heavy (non-hydrogen) atoms. The maximum Gasteiger partial charge on any atom is 0.240 e. The largest absolute Gasteiger partial charge is 0.368 e. The number of nitrogens with two attached hydrogens (primary N) is 1. The number of nitrogens with one attached hydrogen (secondary N) is 1. The first kappa shape index (κ1) is 14.0. The molecule has 0 saturated carbocycles. The summed E-state index contributed by atoms with van der Waals surface area (Å²) in [5, 5.41) is 2.38. The number of carbonyl (C=O) groups excluding carboxylic acids is 3. The first-order chi connectivity index (χ1) is 9.56. The molecule has 1 aliphatic heterocycles. The van der Waals surface area contributed by atoms with Gasteiger partial charge >= 0.3 is 0 Å². The lowest BCUT2D eigenvalue weighted by Gasteiger charge is -2.16. The van der Waals surface area contributed by atoms with Crippen molar-refractivity contribution in [2.24, 2.45) is 5.73 Å². The number of nitrogens with zero attached hydrogens (tertiary/aromatic N) is 1. The van der Waals surface area contributed by atoms with E-state index >= 15 is 0 Å². The Bertz CT molecular complexity index is 516. The van der Waals surface area contributed by atoms with E-state index in [1.54, 1.807) is 0 Å². The van der Waals surface area contributed by atoms with E-state index in [2.05, 4.69) is 5.32 Å². The molecular formula is C14H17N3O3. The van der Waals surface area contributed by atoms with Gasteiger partial charge in [0.15, 0.2) is 0 Å². The lowest BCUT2D eigenvalue weighted by atomic mass is 9.99. The van der Waals surface area contributed by atoms with Crippen LogP contribution in [-0.2, 0) is 14.4 Å². The van der Waals surface area contributed by atoms with Crippen molar-refractivity contribution in [3.05, 3.63) is 35.9 Å². The maximum absolute atomic E-state index is 11.9. The highest BCUT2D eigenvalue weighted by Gasteiger charge is 2.31. The smallest absolute Gasteiger partial charge is 0.240 e. The van der Waals surface area contributed by atoms with Crippen LogP contribution in [0.15, 0.2) is 30.3 Å². The van der Waals surface area contributed by atoms with Crippen LogP contribution in [0.2, 0.25) is 0 Å². The molecule has 106 valence electrons. The molecule has 0 radical (unpaired) electrons. The molecule has 1 aromatic rings. The Balaban J connectivity index is 1.90. The van der Waals surface area contributed by atoms with Crippen molar-refractivity contribution in [2.75, 3.05) is 19.6 Å². The minimum absolute atomic E-state index is 0.0323. The molecule has 1 atom stereocenters. The summed E-state index contributed by atoms with van der Waals surface area (Å²) in [7, 11) is 0. The third-order valence-corrected chi connectivity index (χ3v) is 3.28. The highest BCUT2D eigenvalue weighted by molar-refractivity contribution is 5.88. The Morgan fingerprint density at radius 2 is 2.00 bits per heavy atom. The zero-order valence-electron chi connectivity index (χ0n) is 11.0. The van der Waals surface area contributed by atoms with Crippen LogP contribution in [0.1, 0.15) is 17.9 Å². The molecule has 3 N–H and O–H groups in total. The zero-order chi connectivity index (χ0) is 14.5. The van der Waals surface area contributed by atoms with Crippen LogP contribution in [0.3, 0.4) is 0 Å². The van der Waals surface area contributed by atoms with Gasteiger partial charge in [0.1, 0.15) is 0 Å². The van der Waals surface area contributed by atoms with E-state index in [1.165, 1.54) is 4.90 Å². The van der Waals surface area contributed by atoms with Gasteiger partial charge in [0.05, 0.1) is 13.1 Å². The fourth-order valence-electron chi connectivity index (χ4n) is 2.29. The van der Waals surface area contributed by atoms with Crippen molar-refractivity contribution in [2.45, 2.75) is 12.3 Å². The van der Waals surface area contributed by atoms with Crippen LogP contribution in [0.4, 0.5) is 0 Å². The van der Waals surface area contributed by atoms with Crippen molar-refractivity contribution >= 4 is 17.7 Å². The number of benzene rings is 1. The first-order valence-electron chi connectivity index (χ1n) is 6.44. The van der Waals surface area contributed by atoms with Gasteiger partial charge in [0.25, 0.3) is 0 Å². The Kier molecular flexibility index (Phi) is 4.34. The second-order valence-electron chi connectivity index (χ2n) is 4.83. The number of hydrogen-bond donors (Lipinski definition) is 2. The van der Waals surface area contributed by atoms with Crippen LogP contribution in [0, 0.1) is 0 Å². The minimum Gasteiger partial charge on any atom is -0.368 e. The summed E-state index contributed by atoms with van der Waals surface area (Å²) in [5.74, 6) is -0.903. The predicted octanol–water partition coefficient (Wildman–Crippen LogP) is -0.396. The van der Waals surface area contributed by atoms with E-state index in [9.17, 15) is 14.4 Å². The second kappa shape index (κ2) is 6.18. The molecule has 0 bridgehead atoms. The number of carbonyl (C=O) groups is 3. The first-order valence-corrected chi connectivity index (χ1v) is 6.44. The Hall–Kier alpha value is -2.37. The topological polar surface area (TPSA) is 92.5 Å². The standard InChI is InChI=1S/C14H17N3O3/c15-12(18)7-16-13(19)9-17-8-11(6-14(17)20)10-4-2-1-3-5-10/h1-5,11H,6-9H2,(H2,15,18)(H,16,19)/t11-/m1/s1. The van der Waals surface area contributed by atoms with Crippen LogP contribution in [0.25, 0.3) is 0 Å². The molecule has 6 heteroatoms. The third-order valence-electron chi connectivity index (χ3n) is 3.28. The molecule has 0 aliphatic carbocycles. The molecule has 3 amide bonds. The Morgan fingerprint density at radius 3 is 2.65 bits per heavy atom. The van der Waals surface area contributed by atoms with Crippen LogP contribution < -0.4 is 11.1 Å². The van der Waals surface area contributed by atoms with Gasteiger partial charge in [-0.2, -0.15) is 0 Å². The summed E-state index contributed by atoms with van der Waals surface area (Å²) < 4.78 is 0. The van der Waals surface area contributed by atoms with Gasteiger partial charge in [-0.05, 0) is 5.56 Å². The van der Waals surface area contributed by atoms with Crippen molar-refractivity contribution in [1.29, 1.82) is 0 Å². The monoisotopic (exact) mass is 275 g/mol. The highest BCUT2D eigenvalue weighted by atomic mass is 16.2. The van der Waals surface area contributed by atoms with Crippen LogP contribution in [0.5, 0.6) is 0 Å². The molecule has 1 fully saturated rings. The van der Waals surface area contributed by atoms with Gasteiger partial charge in [-0.3, -0.25) is 14.4 Å². The van der Waals surface area contributed by atoms with Crippen molar-refractivity contribution in [3.63, 3.8) is 0 Å². The third kappa shape index (κ3) is 3.57. The van der Waals surface area contributed by atoms with Crippen molar-refractivity contribution in [3.8, 4) is 0 Å². The molecule has 2 rings (SSSR count). The predicted molar refractivity (Wildman–Crippen MR) is 72.6 cm³/mol. The summed E-state index contributed by atoms with van der Waals surface area (Å²) in [5.41, 5.74) is 6.04. The second-order valence-corrected chi connectivity index (χ2v) is 4.83. The van der Waals surface area contributed by atoms with Crippen LogP contribution >= 0.6 is 0 Å². The van der Waals surface area contributed by atoms with Gasteiger partial charge < -0.3 is 16.0 Å². The lowest BCUT2D eigenvalue weighted by molar-refractivity contribution is -0.133. The van der Waals surface area contributed by atoms with E-state index < -0.39 is 5.91 Å². The van der Waals surface area contributed by atoms with Gasteiger partial charge in [-0.25, -0.2) is 0 Å². The van der Waals surface area contributed by atoms with Crippen molar-refractivity contribution in [1.82, 2.24) is 10.2 Å². The lowest BCUT2D eigenvalue weighted by Crippen LogP contribution is -2.41. The number of rotatable bonds is 5. The molecule has 0 aromatic heterocycles. The van der Waals surface area contributed by atoms with Gasteiger partial charge in [-0.15, -0.1) is 0 Å².